The molecule has 0 aromatic carbocycles. The van der Waals surface area contributed by atoms with Gasteiger partial charge in [0.2, 0.25) is 5.91 Å². The zero-order valence-electron chi connectivity index (χ0n) is 13.1. The van der Waals surface area contributed by atoms with Gasteiger partial charge in [0.1, 0.15) is 0 Å². The number of hydrogen-bond acceptors (Lipinski definition) is 3. The third kappa shape index (κ3) is 2.61. The SMILES string of the molecule is O=C(C1CC12CCNCC2)N1CCCC1CN1CCCC1. The van der Waals surface area contributed by atoms with Crippen LogP contribution in [0.25, 0.3) is 0 Å². The molecule has 4 aliphatic rings. The lowest BCUT2D eigenvalue weighted by Gasteiger charge is -2.30. The second kappa shape index (κ2) is 5.54. The van der Waals surface area contributed by atoms with Crippen LogP contribution >= 0.6 is 0 Å². The Bertz CT molecular complexity index is 399. The van der Waals surface area contributed by atoms with Gasteiger partial charge in [0.05, 0.1) is 0 Å². The predicted octanol–water partition coefficient (Wildman–Crippen LogP) is 1.46. The van der Waals surface area contributed by atoms with E-state index in [0.29, 0.717) is 23.3 Å². The summed E-state index contributed by atoms with van der Waals surface area (Å²) in [7, 11) is 0. The van der Waals surface area contributed by atoms with E-state index in [0.717, 1.165) is 26.2 Å². The van der Waals surface area contributed by atoms with E-state index in [1.807, 2.05) is 0 Å². The van der Waals surface area contributed by atoms with Gasteiger partial charge in [-0.2, -0.15) is 0 Å². The number of piperidine rings is 1. The Morgan fingerprint density at radius 2 is 1.86 bits per heavy atom. The van der Waals surface area contributed by atoms with Crippen LogP contribution in [0.1, 0.15) is 44.9 Å². The third-order valence-electron chi connectivity index (χ3n) is 6.41. The molecule has 0 radical (unpaired) electrons. The Balaban J connectivity index is 1.37. The molecule has 3 aliphatic heterocycles. The van der Waals surface area contributed by atoms with Crippen molar-refractivity contribution >= 4 is 5.91 Å². The van der Waals surface area contributed by atoms with E-state index in [1.165, 1.54) is 58.0 Å². The summed E-state index contributed by atoms with van der Waals surface area (Å²) < 4.78 is 0. The molecule has 0 aromatic heterocycles. The summed E-state index contributed by atoms with van der Waals surface area (Å²) in [5.74, 6) is 0.859. The first-order chi connectivity index (χ1) is 10.3. The summed E-state index contributed by atoms with van der Waals surface area (Å²) in [5.41, 5.74) is 0.392. The number of nitrogens with zero attached hydrogens (tertiary/aromatic N) is 2. The number of rotatable bonds is 3. The van der Waals surface area contributed by atoms with Gasteiger partial charge in [0.25, 0.3) is 0 Å². The van der Waals surface area contributed by atoms with Crippen LogP contribution in [0, 0.1) is 11.3 Å². The van der Waals surface area contributed by atoms with Gasteiger partial charge < -0.3 is 15.1 Å². The Kier molecular flexibility index (Phi) is 3.70. The topological polar surface area (TPSA) is 35.6 Å². The molecule has 21 heavy (non-hydrogen) atoms. The second-order valence-corrected chi connectivity index (χ2v) is 7.70. The lowest BCUT2D eigenvalue weighted by molar-refractivity contribution is -0.134. The van der Waals surface area contributed by atoms with Crippen LogP contribution in [0.15, 0.2) is 0 Å². The van der Waals surface area contributed by atoms with Crippen molar-refractivity contribution < 1.29 is 4.79 Å². The molecule has 4 nitrogen and oxygen atoms in total. The van der Waals surface area contributed by atoms with Gasteiger partial charge in [-0.3, -0.25) is 4.79 Å². The number of hydrogen-bond donors (Lipinski definition) is 1. The molecular formula is C17H29N3O. The number of amides is 1. The molecule has 2 atom stereocenters. The van der Waals surface area contributed by atoms with Crippen molar-refractivity contribution in [1.29, 1.82) is 0 Å². The van der Waals surface area contributed by atoms with Crippen molar-refractivity contribution in [3.8, 4) is 0 Å². The maximum atomic E-state index is 13.0. The van der Waals surface area contributed by atoms with Crippen LogP contribution in [-0.4, -0.2) is 61.0 Å². The Morgan fingerprint density at radius 1 is 1.10 bits per heavy atom. The zero-order chi connectivity index (χ0) is 14.3. The number of carbonyl (C=O) groups excluding carboxylic acids is 1. The van der Waals surface area contributed by atoms with Crippen LogP contribution in [0.2, 0.25) is 0 Å². The van der Waals surface area contributed by atoms with Gasteiger partial charge in [0.15, 0.2) is 0 Å². The molecule has 118 valence electrons. The van der Waals surface area contributed by atoms with Crippen molar-refractivity contribution in [2.75, 3.05) is 39.3 Å². The fourth-order valence-electron chi connectivity index (χ4n) is 4.95. The summed E-state index contributed by atoms with van der Waals surface area (Å²) in [4.78, 5) is 17.8. The summed E-state index contributed by atoms with van der Waals surface area (Å²) in [5, 5.41) is 3.43. The first-order valence-electron chi connectivity index (χ1n) is 9.02. The molecule has 1 saturated carbocycles. The van der Waals surface area contributed by atoms with Crippen LogP contribution in [0.4, 0.5) is 0 Å². The highest BCUT2D eigenvalue weighted by Gasteiger charge is 2.59. The Morgan fingerprint density at radius 3 is 2.62 bits per heavy atom. The van der Waals surface area contributed by atoms with Crippen LogP contribution in [0.3, 0.4) is 0 Å². The standard InChI is InChI=1S/C17H29N3O/c21-16(15-12-17(15)5-7-18-8-6-17)20-11-3-4-14(20)13-19-9-1-2-10-19/h14-15,18H,1-13H2. The molecule has 1 aliphatic carbocycles. The predicted molar refractivity (Wildman–Crippen MR) is 83.1 cm³/mol. The van der Waals surface area contributed by atoms with E-state index < -0.39 is 0 Å². The highest BCUT2D eigenvalue weighted by molar-refractivity contribution is 5.83. The Labute approximate surface area is 128 Å². The Hall–Kier alpha value is -0.610. The van der Waals surface area contributed by atoms with Gasteiger partial charge in [0, 0.05) is 25.0 Å². The summed E-state index contributed by atoms with van der Waals surface area (Å²) >= 11 is 0. The van der Waals surface area contributed by atoms with E-state index >= 15 is 0 Å². The largest absolute Gasteiger partial charge is 0.338 e. The molecule has 4 fully saturated rings. The molecule has 4 heteroatoms. The molecule has 2 unspecified atom stereocenters. The highest BCUT2D eigenvalue weighted by Crippen LogP contribution is 2.59. The third-order valence-corrected chi connectivity index (χ3v) is 6.41. The molecular weight excluding hydrogens is 262 g/mol. The molecule has 1 amide bonds. The molecule has 3 heterocycles. The smallest absolute Gasteiger partial charge is 0.226 e. The highest BCUT2D eigenvalue weighted by atomic mass is 16.2. The molecule has 3 saturated heterocycles. The average Bonchev–Trinajstić information content (AvgIpc) is 2.91. The van der Waals surface area contributed by atoms with Gasteiger partial charge in [-0.1, -0.05) is 0 Å². The normalized spacial score (nSPS) is 35.5. The summed E-state index contributed by atoms with van der Waals surface area (Å²) in [6, 6.07) is 0.509. The summed E-state index contributed by atoms with van der Waals surface area (Å²) in [6.45, 7) is 6.87. The number of nitrogens with one attached hydrogen (secondary N) is 1. The van der Waals surface area contributed by atoms with E-state index in [4.69, 9.17) is 0 Å². The van der Waals surface area contributed by atoms with E-state index in [2.05, 4.69) is 15.1 Å². The van der Waals surface area contributed by atoms with Crippen LogP contribution in [0.5, 0.6) is 0 Å². The maximum Gasteiger partial charge on any atom is 0.226 e. The van der Waals surface area contributed by atoms with Crippen molar-refractivity contribution in [1.82, 2.24) is 15.1 Å². The lowest BCUT2D eigenvalue weighted by Crippen LogP contribution is -2.44. The minimum Gasteiger partial charge on any atom is -0.338 e. The quantitative estimate of drug-likeness (QED) is 0.855. The van der Waals surface area contributed by atoms with Crippen molar-refractivity contribution in [2.45, 2.75) is 51.0 Å². The van der Waals surface area contributed by atoms with Crippen LogP contribution in [-0.2, 0) is 4.79 Å². The lowest BCUT2D eigenvalue weighted by atomic mass is 9.91. The van der Waals surface area contributed by atoms with Crippen molar-refractivity contribution in [3.63, 3.8) is 0 Å². The van der Waals surface area contributed by atoms with Crippen molar-refractivity contribution in [3.05, 3.63) is 0 Å². The number of carbonyl (C=O) groups is 1. The summed E-state index contributed by atoms with van der Waals surface area (Å²) in [6.07, 6.45) is 8.73. The first-order valence-corrected chi connectivity index (χ1v) is 9.02. The second-order valence-electron chi connectivity index (χ2n) is 7.70. The molecule has 1 N–H and O–H groups in total. The van der Waals surface area contributed by atoms with E-state index in [9.17, 15) is 4.79 Å². The van der Waals surface area contributed by atoms with E-state index in [-0.39, 0.29) is 0 Å². The van der Waals surface area contributed by atoms with Gasteiger partial charge in [-0.05, 0) is 76.5 Å². The fraction of sp³-hybridized carbons (Fsp3) is 0.941. The number of likely N-dealkylation sites (tertiary alicyclic amines) is 2. The molecule has 4 rings (SSSR count). The van der Waals surface area contributed by atoms with Gasteiger partial charge in [-0.15, -0.1) is 0 Å². The zero-order valence-corrected chi connectivity index (χ0v) is 13.1. The fourth-order valence-corrected chi connectivity index (χ4v) is 4.95. The van der Waals surface area contributed by atoms with Crippen molar-refractivity contribution in [2.24, 2.45) is 11.3 Å². The van der Waals surface area contributed by atoms with Gasteiger partial charge >= 0.3 is 0 Å². The van der Waals surface area contributed by atoms with Gasteiger partial charge in [-0.25, -0.2) is 0 Å². The molecule has 0 bridgehead atoms. The molecule has 1 spiro atoms. The minimum atomic E-state index is 0.360. The first kappa shape index (κ1) is 14.0. The average molecular weight is 291 g/mol. The maximum absolute atomic E-state index is 13.0. The molecule has 0 aromatic rings. The van der Waals surface area contributed by atoms with Crippen LogP contribution < -0.4 is 5.32 Å². The minimum absolute atomic E-state index is 0.360. The van der Waals surface area contributed by atoms with E-state index in [1.54, 1.807) is 0 Å². The monoisotopic (exact) mass is 291 g/mol.